The van der Waals surface area contributed by atoms with E-state index in [2.05, 4.69) is 10.3 Å². The van der Waals surface area contributed by atoms with Crippen LogP contribution in [0.2, 0.25) is 0 Å². The highest BCUT2D eigenvalue weighted by Gasteiger charge is 2.22. The number of hydrogen-bond donors (Lipinski definition) is 1. The molecule has 0 atom stereocenters. The summed E-state index contributed by atoms with van der Waals surface area (Å²) in [6, 6.07) is 16.5. The molecule has 1 N–H and O–H groups in total. The number of carbonyl (C=O) groups is 2. The van der Waals surface area contributed by atoms with Gasteiger partial charge in [0, 0.05) is 12.1 Å². The lowest BCUT2D eigenvalue weighted by atomic mass is 10.0. The molecule has 25 heavy (non-hydrogen) atoms. The number of nitrogens with zero attached hydrogens (tertiary/aromatic N) is 1. The van der Waals surface area contributed by atoms with Crippen molar-refractivity contribution in [2.45, 2.75) is 6.54 Å². The number of hydrogen-bond acceptors (Lipinski definition) is 5. The third-order valence-corrected chi connectivity index (χ3v) is 3.66. The van der Waals surface area contributed by atoms with Gasteiger partial charge in [0.15, 0.2) is 17.8 Å². The van der Waals surface area contributed by atoms with Gasteiger partial charge in [0.25, 0.3) is 5.91 Å². The molecular weight excluding hydrogens is 320 g/mol. The van der Waals surface area contributed by atoms with Crippen molar-refractivity contribution >= 4 is 11.9 Å². The van der Waals surface area contributed by atoms with E-state index in [0.717, 1.165) is 12.0 Å². The van der Waals surface area contributed by atoms with Crippen LogP contribution >= 0.6 is 0 Å². The van der Waals surface area contributed by atoms with Gasteiger partial charge in [0.2, 0.25) is 0 Å². The molecule has 1 heterocycles. The van der Waals surface area contributed by atoms with E-state index in [1.165, 1.54) is 7.11 Å². The molecule has 0 radical (unpaired) electrons. The maximum atomic E-state index is 12.6. The van der Waals surface area contributed by atoms with Gasteiger partial charge in [-0.25, -0.2) is 9.78 Å². The van der Waals surface area contributed by atoms with Crippen LogP contribution in [-0.4, -0.2) is 24.0 Å². The summed E-state index contributed by atoms with van der Waals surface area (Å²) in [4.78, 5) is 28.3. The van der Waals surface area contributed by atoms with Crippen LogP contribution in [0, 0.1) is 0 Å². The van der Waals surface area contributed by atoms with E-state index in [9.17, 15) is 9.59 Å². The number of amides is 1. The van der Waals surface area contributed by atoms with Gasteiger partial charge >= 0.3 is 5.97 Å². The Morgan fingerprint density at radius 2 is 1.80 bits per heavy atom. The van der Waals surface area contributed by atoms with Gasteiger partial charge in [-0.15, -0.1) is 0 Å². The largest absolute Gasteiger partial charge is 0.464 e. The summed E-state index contributed by atoms with van der Waals surface area (Å²) in [5, 5.41) is 2.86. The third kappa shape index (κ3) is 3.58. The second-order valence-corrected chi connectivity index (χ2v) is 5.24. The second kappa shape index (κ2) is 7.44. The lowest BCUT2D eigenvalue weighted by Crippen LogP contribution is -2.23. The highest BCUT2D eigenvalue weighted by molar-refractivity contribution is 6.03. The third-order valence-electron chi connectivity index (χ3n) is 3.66. The van der Waals surface area contributed by atoms with E-state index in [-0.39, 0.29) is 17.4 Å². The molecule has 6 heteroatoms. The summed E-state index contributed by atoms with van der Waals surface area (Å²) in [6.07, 6.45) is 1.15. The van der Waals surface area contributed by atoms with Gasteiger partial charge < -0.3 is 14.5 Å². The highest BCUT2D eigenvalue weighted by atomic mass is 16.5. The number of nitrogens with one attached hydrogen (secondary N) is 1. The molecule has 3 aromatic rings. The predicted molar refractivity (Wildman–Crippen MR) is 90.9 cm³/mol. The monoisotopic (exact) mass is 336 g/mol. The van der Waals surface area contributed by atoms with Crippen LogP contribution in [0.4, 0.5) is 0 Å². The number of benzene rings is 2. The van der Waals surface area contributed by atoms with Crippen LogP contribution in [0.15, 0.2) is 65.4 Å². The molecule has 1 amide bonds. The first kappa shape index (κ1) is 16.4. The molecule has 0 fully saturated rings. The number of oxazole rings is 1. The maximum Gasteiger partial charge on any atom is 0.360 e. The number of ether oxygens (including phenoxy) is 1. The zero-order chi connectivity index (χ0) is 17.6. The second-order valence-electron chi connectivity index (χ2n) is 5.24. The fourth-order valence-corrected chi connectivity index (χ4v) is 2.43. The molecule has 0 saturated heterocycles. The van der Waals surface area contributed by atoms with Crippen LogP contribution in [-0.2, 0) is 11.3 Å². The summed E-state index contributed by atoms with van der Waals surface area (Å²) < 4.78 is 10.0. The van der Waals surface area contributed by atoms with Crippen molar-refractivity contribution in [1.82, 2.24) is 10.3 Å². The van der Waals surface area contributed by atoms with Crippen molar-refractivity contribution in [2.75, 3.05) is 7.11 Å². The Morgan fingerprint density at radius 1 is 1.08 bits per heavy atom. The highest BCUT2D eigenvalue weighted by Crippen LogP contribution is 2.27. The summed E-state index contributed by atoms with van der Waals surface area (Å²) in [7, 11) is 1.26. The van der Waals surface area contributed by atoms with E-state index in [0.29, 0.717) is 17.7 Å². The minimum Gasteiger partial charge on any atom is -0.464 e. The summed E-state index contributed by atoms with van der Waals surface area (Å²) in [6.45, 7) is 0.397. The van der Waals surface area contributed by atoms with Crippen molar-refractivity contribution in [3.05, 3.63) is 77.8 Å². The zero-order valence-electron chi connectivity index (χ0n) is 13.6. The lowest BCUT2D eigenvalue weighted by molar-refractivity contribution is 0.0595. The minimum atomic E-state index is -0.622. The van der Waals surface area contributed by atoms with E-state index in [4.69, 9.17) is 9.15 Å². The van der Waals surface area contributed by atoms with Crippen molar-refractivity contribution in [3.63, 3.8) is 0 Å². The smallest absolute Gasteiger partial charge is 0.360 e. The van der Waals surface area contributed by atoms with Gasteiger partial charge in [0.1, 0.15) is 0 Å². The molecule has 0 saturated carbocycles. The topological polar surface area (TPSA) is 81.4 Å². The van der Waals surface area contributed by atoms with Crippen LogP contribution < -0.4 is 5.32 Å². The van der Waals surface area contributed by atoms with Crippen molar-refractivity contribution < 1.29 is 18.7 Å². The quantitative estimate of drug-likeness (QED) is 0.724. The molecule has 0 bridgehead atoms. The van der Waals surface area contributed by atoms with E-state index in [1.54, 1.807) is 24.3 Å². The van der Waals surface area contributed by atoms with Crippen LogP contribution in [0.1, 0.15) is 26.4 Å². The first-order valence-corrected chi connectivity index (χ1v) is 7.64. The molecule has 1 aromatic heterocycles. The lowest BCUT2D eigenvalue weighted by Gasteiger charge is -2.09. The fourth-order valence-electron chi connectivity index (χ4n) is 2.43. The first-order valence-electron chi connectivity index (χ1n) is 7.64. The molecule has 0 unspecified atom stereocenters. The van der Waals surface area contributed by atoms with Gasteiger partial charge in [-0.1, -0.05) is 48.5 Å². The van der Waals surface area contributed by atoms with Gasteiger partial charge in [-0.05, 0) is 11.6 Å². The number of methoxy groups -OCH3 is 1. The van der Waals surface area contributed by atoms with E-state index >= 15 is 0 Å². The van der Waals surface area contributed by atoms with Crippen LogP contribution in [0.5, 0.6) is 0 Å². The van der Waals surface area contributed by atoms with Crippen molar-refractivity contribution in [1.29, 1.82) is 0 Å². The van der Waals surface area contributed by atoms with Crippen molar-refractivity contribution in [3.8, 4) is 11.3 Å². The minimum absolute atomic E-state index is 0.0332. The van der Waals surface area contributed by atoms with Gasteiger partial charge in [-0.3, -0.25) is 4.79 Å². The molecule has 3 rings (SSSR count). The Bertz CT molecular complexity index is 887. The molecular formula is C19H16N2O4. The Hall–Kier alpha value is -3.41. The number of aromatic nitrogens is 1. The molecule has 0 aliphatic heterocycles. The molecule has 0 aliphatic carbocycles. The Labute approximate surface area is 144 Å². The number of rotatable bonds is 5. The SMILES string of the molecule is COC(=O)c1ncoc1-c1ccccc1C(=O)NCc1ccccc1. The Morgan fingerprint density at radius 3 is 2.56 bits per heavy atom. The fraction of sp³-hybridized carbons (Fsp3) is 0.105. The predicted octanol–water partition coefficient (Wildman–Crippen LogP) is 3.06. The standard InChI is InChI=1S/C19H16N2O4/c1-24-19(23)16-17(25-12-21-16)14-9-5-6-10-15(14)18(22)20-11-13-7-3-2-4-8-13/h2-10,12H,11H2,1H3,(H,20,22). The van der Waals surface area contributed by atoms with Gasteiger partial charge in [0.05, 0.1) is 12.7 Å². The normalized spacial score (nSPS) is 10.3. The summed E-state index contributed by atoms with van der Waals surface area (Å²) in [5.74, 6) is -0.688. The molecule has 2 aromatic carbocycles. The van der Waals surface area contributed by atoms with E-state index < -0.39 is 5.97 Å². The van der Waals surface area contributed by atoms with Crippen LogP contribution in [0.3, 0.4) is 0 Å². The first-order chi connectivity index (χ1) is 12.2. The summed E-state index contributed by atoms with van der Waals surface area (Å²) in [5.41, 5.74) is 1.89. The summed E-state index contributed by atoms with van der Waals surface area (Å²) >= 11 is 0. The molecule has 0 spiro atoms. The van der Waals surface area contributed by atoms with E-state index in [1.807, 2.05) is 30.3 Å². The molecule has 6 nitrogen and oxygen atoms in total. The van der Waals surface area contributed by atoms with Gasteiger partial charge in [-0.2, -0.15) is 0 Å². The van der Waals surface area contributed by atoms with Crippen LogP contribution in [0.25, 0.3) is 11.3 Å². The Kier molecular flexibility index (Phi) is 4.89. The molecule has 126 valence electrons. The maximum absolute atomic E-state index is 12.6. The zero-order valence-corrected chi connectivity index (χ0v) is 13.6. The molecule has 0 aliphatic rings. The Balaban J connectivity index is 1.87. The average Bonchev–Trinajstić information content (AvgIpc) is 3.16. The average molecular weight is 336 g/mol. The van der Waals surface area contributed by atoms with Crippen molar-refractivity contribution in [2.24, 2.45) is 0 Å². The number of carbonyl (C=O) groups excluding carboxylic acids is 2. The number of esters is 1.